The third-order valence-electron chi connectivity index (χ3n) is 2.45. The van der Waals surface area contributed by atoms with Crippen LogP contribution in [0, 0.1) is 0 Å². The lowest BCUT2D eigenvalue weighted by molar-refractivity contribution is 0.340. The van der Waals surface area contributed by atoms with Crippen molar-refractivity contribution in [3.8, 4) is 5.75 Å². The van der Waals surface area contributed by atoms with Crippen molar-refractivity contribution in [1.29, 1.82) is 0 Å². The zero-order valence-electron chi connectivity index (χ0n) is 9.03. The molecule has 0 radical (unpaired) electrons. The molecule has 2 nitrogen and oxygen atoms in total. The zero-order chi connectivity index (χ0) is 10.5. The average molecular weight is 223 g/mol. The minimum atomic E-state index is 0.735. The molecule has 0 aliphatic carbocycles. The van der Waals surface area contributed by atoms with Crippen molar-refractivity contribution in [1.82, 2.24) is 5.32 Å². The van der Waals surface area contributed by atoms with Gasteiger partial charge in [0.1, 0.15) is 5.75 Å². The van der Waals surface area contributed by atoms with Crippen LogP contribution in [0.15, 0.2) is 29.2 Å². The minimum Gasteiger partial charge on any atom is -0.494 e. The molecule has 0 amide bonds. The van der Waals surface area contributed by atoms with Gasteiger partial charge in [0.2, 0.25) is 0 Å². The third kappa shape index (κ3) is 3.14. The largest absolute Gasteiger partial charge is 0.494 e. The Labute approximate surface area is 95.4 Å². The van der Waals surface area contributed by atoms with E-state index in [0.29, 0.717) is 0 Å². The fraction of sp³-hybridized carbons (Fsp3) is 0.500. The van der Waals surface area contributed by atoms with Crippen molar-refractivity contribution in [3.63, 3.8) is 0 Å². The molecule has 1 heterocycles. The number of benzene rings is 1. The summed E-state index contributed by atoms with van der Waals surface area (Å²) in [6, 6.07) is 8.39. The van der Waals surface area contributed by atoms with Gasteiger partial charge in [0.15, 0.2) is 0 Å². The van der Waals surface area contributed by atoms with Crippen LogP contribution >= 0.6 is 11.8 Å². The number of hydrogen-bond acceptors (Lipinski definition) is 3. The molecular formula is C12H17NOS. The van der Waals surface area contributed by atoms with Gasteiger partial charge in [-0.05, 0) is 44.2 Å². The van der Waals surface area contributed by atoms with Crippen molar-refractivity contribution >= 4 is 11.8 Å². The summed E-state index contributed by atoms with van der Waals surface area (Å²) in [7, 11) is 0. The molecule has 1 unspecified atom stereocenters. The Morgan fingerprint density at radius 3 is 2.80 bits per heavy atom. The Morgan fingerprint density at radius 2 is 2.20 bits per heavy atom. The van der Waals surface area contributed by atoms with Crippen LogP contribution in [0.2, 0.25) is 0 Å². The first-order chi connectivity index (χ1) is 7.38. The highest BCUT2D eigenvalue weighted by Gasteiger charge is 2.15. The predicted molar refractivity (Wildman–Crippen MR) is 64.7 cm³/mol. The molecular weight excluding hydrogens is 206 g/mol. The summed E-state index contributed by atoms with van der Waals surface area (Å²) in [5, 5.41) is 4.12. The number of ether oxygens (including phenoxy) is 1. The fourth-order valence-corrected chi connectivity index (χ4v) is 2.82. The van der Waals surface area contributed by atoms with Crippen LogP contribution in [0.3, 0.4) is 0 Å². The van der Waals surface area contributed by atoms with Gasteiger partial charge in [-0.1, -0.05) is 0 Å². The lowest BCUT2D eigenvalue weighted by Crippen LogP contribution is -2.09. The molecule has 2 rings (SSSR count). The average Bonchev–Trinajstić information content (AvgIpc) is 2.74. The Kier molecular flexibility index (Phi) is 3.92. The SMILES string of the molecule is CCOc1ccc(SC2CCNC2)cc1. The van der Waals surface area contributed by atoms with E-state index in [1.807, 2.05) is 30.8 Å². The first kappa shape index (κ1) is 10.8. The molecule has 0 spiro atoms. The number of rotatable bonds is 4. The zero-order valence-corrected chi connectivity index (χ0v) is 9.85. The van der Waals surface area contributed by atoms with Gasteiger partial charge in [-0.25, -0.2) is 0 Å². The van der Waals surface area contributed by atoms with Gasteiger partial charge in [0.05, 0.1) is 6.61 Å². The Balaban J connectivity index is 1.91. The molecule has 1 atom stereocenters. The molecule has 1 aromatic rings. The highest BCUT2D eigenvalue weighted by Crippen LogP contribution is 2.28. The van der Waals surface area contributed by atoms with Gasteiger partial charge in [0.25, 0.3) is 0 Å². The van der Waals surface area contributed by atoms with Crippen molar-refractivity contribution in [3.05, 3.63) is 24.3 Å². The van der Waals surface area contributed by atoms with Gasteiger partial charge < -0.3 is 10.1 Å². The summed E-state index contributed by atoms with van der Waals surface area (Å²) in [6.45, 7) is 5.04. The highest BCUT2D eigenvalue weighted by atomic mass is 32.2. The summed E-state index contributed by atoms with van der Waals surface area (Å²) < 4.78 is 5.41. The second-order valence-electron chi connectivity index (χ2n) is 3.64. The lowest BCUT2D eigenvalue weighted by Gasteiger charge is -2.08. The quantitative estimate of drug-likeness (QED) is 0.847. The normalized spacial score (nSPS) is 20.5. The van der Waals surface area contributed by atoms with E-state index in [1.54, 1.807) is 0 Å². The van der Waals surface area contributed by atoms with E-state index >= 15 is 0 Å². The molecule has 0 saturated carbocycles. The molecule has 0 aromatic heterocycles. The van der Waals surface area contributed by atoms with E-state index in [1.165, 1.54) is 11.3 Å². The van der Waals surface area contributed by atoms with Crippen molar-refractivity contribution in [2.45, 2.75) is 23.5 Å². The van der Waals surface area contributed by atoms with Gasteiger partial charge in [-0.2, -0.15) is 0 Å². The molecule has 1 aliphatic rings. The lowest BCUT2D eigenvalue weighted by atomic mass is 10.3. The fourth-order valence-electron chi connectivity index (χ4n) is 1.70. The van der Waals surface area contributed by atoms with Crippen LogP contribution in [0.4, 0.5) is 0 Å². The van der Waals surface area contributed by atoms with Crippen molar-refractivity contribution in [2.75, 3.05) is 19.7 Å². The van der Waals surface area contributed by atoms with Crippen molar-refractivity contribution in [2.24, 2.45) is 0 Å². The van der Waals surface area contributed by atoms with E-state index in [9.17, 15) is 0 Å². The van der Waals surface area contributed by atoms with Crippen LogP contribution in [-0.4, -0.2) is 24.9 Å². The van der Waals surface area contributed by atoms with Crippen LogP contribution in [0.25, 0.3) is 0 Å². The summed E-state index contributed by atoms with van der Waals surface area (Å²) in [6.07, 6.45) is 1.28. The van der Waals surface area contributed by atoms with Crippen LogP contribution in [0.5, 0.6) is 5.75 Å². The summed E-state index contributed by atoms with van der Waals surface area (Å²) >= 11 is 1.96. The monoisotopic (exact) mass is 223 g/mol. The van der Waals surface area contributed by atoms with E-state index in [2.05, 4.69) is 17.4 Å². The smallest absolute Gasteiger partial charge is 0.119 e. The predicted octanol–water partition coefficient (Wildman–Crippen LogP) is 2.54. The first-order valence-corrected chi connectivity index (χ1v) is 6.36. The second-order valence-corrected chi connectivity index (χ2v) is 5.01. The summed E-state index contributed by atoms with van der Waals surface area (Å²) in [4.78, 5) is 1.34. The standard InChI is InChI=1S/C12H17NOS/c1-2-14-10-3-5-11(6-4-10)15-12-7-8-13-9-12/h3-6,12-13H,2,7-9H2,1H3. The van der Waals surface area contributed by atoms with Crippen LogP contribution in [0.1, 0.15) is 13.3 Å². The summed E-state index contributed by atoms with van der Waals surface area (Å²) in [5.74, 6) is 0.964. The number of nitrogens with one attached hydrogen (secondary N) is 1. The maximum absolute atomic E-state index is 5.41. The highest BCUT2D eigenvalue weighted by molar-refractivity contribution is 8.00. The van der Waals surface area contributed by atoms with Gasteiger partial charge in [-0.3, -0.25) is 0 Å². The van der Waals surface area contributed by atoms with Gasteiger partial charge >= 0.3 is 0 Å². The molecule has 1 fully saturated rings. The van der Waals surface area contributed by atoms with E-state index in [0.717, 1.165) is 30.7 Å². The molecule has 3 heteroatoms. The van der Waals surface area contributed by atoms with Gasteiger partial charge in [0, 0.05) is 16.7 Å². The molecule has 1 N–H and O–H groups in total. The maximum Gasteiger partial charge on any atom is 0.119 e. The van der Waals surface area contributed by atoms with E-state index < -0.39 is 0 Å². The minimum absolute atomic E-state index is 0.735. The van der Waals surface area contributed by atoms with Crippen molar-refractivity contribution < 1.29 is 4.74 Å². The molecule has 15 heavy (non-hydrogen) atoms. The van der Waals surface area contributed by atoms with Crippen LogP contribution < -0.4 is 10.1 Å². The molecule has 82 valence electrons. The van der Waals surface area contributed by atoms with E-state index in [-0.39, 0.29) is 0 Å². The molecule has 0 bridgehead atoms. The number of hydrogen-bond donors (Lipinski definition) is 1. The second kappa shape index (κ2) is 5.42. The maximum atomic E-state index is 5.41. The van der Waals surface area contributed by atoms with Gasteiger partial charge in [-0.15, -0.1) is 11.8 Å². The topological polar surface area (TPSA) is 21.3 Å². The Hall–Kier alpha value is -0.670. The first-order valence-electron chi connectivity index (χ1n) is 5.48. The Morgan fingerprint density at radius 1 is 1.40 bits per heavy atom. The Bertz CT molecular complexity index is 293. The van der Waals surface area contributed by atoms with E-state index in [4.69, 9.17) is 4.74 Å². The van der Waals surface area contributed by atoms with Crippen LogP contribution in [-0.2, 0) is 0 Å². The molecule has 1 saturated heterocycles. The number of thioether (sulfide) groups is 1. The summed E-state index contributed by atoms with van der Waals surface area (Å²) in [5.41, 5.74) is 0. The third-order valence-corrected chi connectivity index (χ3v) is 3.73. The molecule has 1 aromatic carbocycles. The molecule has 1 aliphatic heterocycles.